The molecule has 1 atom stereocenters. The average molecular weight is 381 g/mol. The molecule has 1 fully saturated rings. The molecule has 1 saturated carbocycles. The van der Waals surface area contributed by atoms with Crippen LogP contribution in [0.5, 0.6) is 5.75 Å². The van der Waals surface area contributed by atoms with Crippen molar-refractivity contribution < 1.29 is 22.7 Å². The second-order valence-electron chi connectivity index (χ2n) is 6.44. The van der Waals surface area contributed by atoms with E-state index >= 15 is 0 Å². The molecule has 0 bridgehead atoms. The maximum absolute atomic E-state index is 13.0. The summed E-state index contributed by atoms with van der Waals surface area (Å²) in [5.41, 5.74) is -0.898. The number of rotatable bonds is 5. The number of ether oxygens (including phenoxy) is 1. The highest BCUT2D eigenvalue weighted by atomic mass is 19.4. The fraction of sp³-hybridized carbons (Fsp3) is 0.389. The van der Waals surface area contributed by atoms with Crippen LogP contribution < -0.4 is 15.6 Å². The van der Waals surface area contributed by atoms with Crippen LogP contribution in [0.25, 0.3) is 0 Å². The maximum atomic E-state index is 13.0. The van der Waals surface area contributed by atoms with E-state index in [1.165, 1.54) is 12.1 Å². The number of alkyl halides is 3. The third-order valence-corrected chi connectivity index (χ3v) is 4.34. The number of H-pyrrole nitrogens is 1. The van der Waals surface area contributed by atoms with Gasteiger partial charge in [0.1, 0.15) is 17.3 Å². The van der Waals surface area contributed by atoms with Crippen LogP contribution in [0.15, 0.2) is 29.1 Å². The molecule has 144 valence electrons. The molecule has 1 amide bonds. The van der Waals surface area contributed by atoms with E-state index in [1.807, 2.05) is 0 Å². The summed E-state index contributed by atoms with van der Waals surface area (Å²) in [5, 5.41) is 2.64. The zero-order valence-electron chi connectivity index (χ0n) is 14.7. The highest BCUT2D eigenvalue weighted by Gasteiger charge is 2.34. The summed E-state index contributed by atoms with van der Waals surface area (Å²) in [7, 11) is 1.15. The van der Waals surface area contributed by atoms with Gasteiger partial charge in [-0.25, -0.2) is 4.98 Å². The molecule has 1 unspecified atom stereocenters. The van der Waals surface area contributed by atoms with Crippen molar-refractivity contribution in [3.05, 3.63) is 57.3 Å². The molecular weight excluding hydrogens is 363 g/mol. The normalized spacial score (nSPS) is 15.3. The summed E-state index contributed by atoms with van der Waals surface area (Å²) >= 11 is 0. The molecule has 27 heavy (non-hydrogen) atoms. The van der Waals surface area contributed by atoms with Gasteiger partial charge < -0.3 is 15.0 Å². The standard InChI is InChI=1S/C18H18F3N3O3/c1-9(11-5-6-12(18(19,20)21)14(7-11)27-2)22-17(26)13-8-15(25)24-16(23-13)10-3-4-10/h5-10H,3-4H2,1-2H3,(H,22,26)(H,23,24,25). The molecule has 0 saturated heterocycles. The number of benzene rings is 1. The van der Waals surface area contributed by atoms with Crippen LogP contribution in [-0.2, 0) is 6.18 Å². The van der Waals surface area contributed by atoms with Crippen molar-refractivity contribution in [3.63, 3.8) is 0 Å². The van der Waals surface area contributed by atoms with Crippen molar-refractivity contribution in [2.75, 3.05) is 7.11 Å². The third-order valence-electron chi connectivity index (χ3n) is 4.34. The molecule has 1 aliphatic rings. The van der Waals surface area contributed by atoms with Gasteiger partial charge in [0, 0.05) is 12.0 Å². The number of halogens is 3. The summed E-state index contributed by atoms with van der Waals surface area (Å²) in [6.07, 6.45) is -2.71. The number of nitrogens with one attached hydrogen (secondary N) is 2. The van der Waals surface area contributed by atoms with Gasteiger partial charge >= 0.3 is 6.18 Å². The Balaban J connectivity index is 1.80. The van der Waals surface area contributed by atoms with E-state index in [0.717, 1.165) is 32.1 Å². The Hall–Kier alpha value is -2.84. The number of hydrogen-bond donors (Lipinski definition) is 2. The second kappa shape index (κ2) is 7.05. The minimum atomic E-state index is -4.54. The number of carbonyl (C=O) groups is 1. The zero-order valence-corrected chi connectivity index (χ0v) is 14.7. The summed E-state index contributed by atoms with van der Waals surface area (Å²) in [6, 6.07) is 3.90. The van der Waals surface area contributed by atoms with Gasteiger partial charge in [-0.3, -0.25) is 9.59 Å². The molecule has 0 spiro atoms. The smallest absolute Gasteiger partial charge is 0.419 e. The molecule has 3 rings (SSSR count). The molecular formula is C18H18F3N3O3. The van der Waals surface area contributed by atoms with Crippen LogP contribution in [0, 0.1) is 0 Å². The van der Waals surface area contributed by atoms with Gasteiger partial charge in [0.25, 0.3) is 11.5 Å². The lowest BCUT2D eigenvalue weighted by Gasteiger charge is -2.18. The van der Waals surface area contributed by atoms with Crippen molar-refractivity contribution >= 4 is 5.91 Å². The maximum Gasteiger partial charge on any atom is 0.419 e. The first-order chi connectivity index (χ1) is 12.7. The number of hydrogen-bond acceptors (Lipinski definition) is 4. The number of methoxy groups -OCH3 is 1. The fourth-order valence-electron chi connectivity index (χ4n) is 2.71. The third kappa shape index (κ3) is 4.29. The van der Waals surface area contributed by atoms with Gasteiger partial charge in [0.2, 0.25) is 0 Å². The van der Waals surface area contributed by atoms with E-state index in [1.54, 1.807) is 6.92 Å². The molecule has 2 N–H and O–H groups in total. The van der Waals surface area contributed by atoms with Gasteiger partial charge in [0.15, 0.2) is 0 Å². The van der Waals surface area contributed by atoms with E-state index in [-0.39, 0.29) is 17.4 Å². The molecule has 0 radical (unpaired) electrons. The molecule has 1 aromatic carbocycles. The Morgan fingerprint density at radius 3 is 2.63 bits per heavy atom. The number of nitrogens with zero attached hydrogens (tertiary/aromatic N) is 1. The lowest BCUT2D eigenvalue weighted by molar-refractivity contribution is -0.138. The van der Waals surface area contributed by atoms with Crippen LogP contribution in [0.3, 0.4) is 0 Å². The van der Waals surface area contributed by atoms with E-state index in [4.69, 9.17) is 4.74 Å². The monoisotopic (exact) mass is 381 g/mol. The lowest BCUT2D eigenvalue weighted by atomic mass is 10.0. The van der Waals surface area contributed by atoms with Gasteiger partial charge in [-0.2, -0.15) is 13.2 Å². The number of amides is 1. The Kier molecular flexibility index (Phi) is 4.95. The van der Waals surface area contributed by atoms with Crippen molar-refractivity contribution in [2.24, 2.45) is 0 Å². The van der Waals surface area contributed by atoms with Gasteiger partial charge in [0.05, 0.1) is 18.7 Å². The molecule has 9 heteroatoms. The van der Waals surface area contributed by atoms with Crippen LogP contribution in [0.4, 0.5) is 13.2 Å². The van der Waals surface area contributed by atoms with E-state index in [9.17, 15) is 22.8 Å². The van der Waals surface area contributed by atoms with Crippen LogP contribution in [0.1, 0.15) is 59.2 Å². The predicted molar refractivity (Wildman–Crippen MR) is 90.7 cm³/mol. The number of aromatic amines is 1. The van der Waals surface area contributed by atoms with Crippen molar-refractivity contribution in [2.45, 2.75) is 37.9 Å². The molecule has 1 aromatic heterocycles. The quantitative estimate of drug-likeness (QED) is 0.833. The number of carbonyl (C=O) groups excluding carboxylic acids is 1. The van der Waals surface area contributed by atoms with Gasteiger partial charge in [-0.15, -0.1) is 0 Å². The Bertz CT molecular complexity index is 920. The highest BCUT2D eigenvalue weighted by molar-refractivity contribution is 5.92. The Morgan fingerprint density at radius 2 is 2.04 bits per heavy atom. The lowest BCUT2D eigenvalue weighted by Crippen LogP contribution is -2.29. The summed E-state index contributed by atoms with van der Waals surface area (Å²) in [4.78, 5) is 30.9. The average Bonchev–Trinajstić information content (AvgIpc) is 3.44. The van der Waals surface area contributed by atoms with Crippen molar-refractivity contribution in [1.82, 2.24) is 15.3 Å². The van der Waals surface area contributed by atoms with Crippen molar-refractivity contribution in [1.29, 1.82) is 0 Å². The first-order valence-electron chi connectivity index (χ1n) is 8.36. The minimum absolute atomic E-state index is 0.0219. The Labute approximate surface area is 152 Å². The SMILES string of the molecule is COc1cc(C(C)NC(=O)c2cc(=O)[nH]c(C3CC3)n2)ccc1C(F)(F)F. The summed E-state index contributed by atoms with van der Waals surface area (Å²) in [5.74, 6) is -0.251. The molecule has 6 nitrogen and oxygen atoms in total. The van der Waals surface area contributed by atoms with Crippen molar-refractivity contribution in [3.8, 4) is 5.75 Å². The largest absolute Gasteiger partial charge is 0.496 e. The first-order valence-corrected chi connectivity index (χ1v) is 8.36. The molecule has 1 heterocycles. The van der Waals surface area contributed by atoms with E-state index in [0.29, 0.717) is 11.4 Å². The molecule has 2 aromatic rings. The zero-order chi connectivity index (χ0) is 19.8. The number of aromatic nitrogens is 2. The first kappa shape index (κ1) is 18.9. The van der Waals surface area contributed by atoms with Gasteiger partial charge in [-0.1, -0.05) is 6.07 Å². The second-order valence-corrected chi connectivity index (χ2v) is 6.44. The fourth-order valence-corrected chi connectivity index (χ4v) is 2.71. The highest BCUT2D eigenvalue weighted by Crippen LogP contribution is 2.38. The summed E-state index contributed by atoms with van der Waals surface area (Å²) < 4.78 is 43.7. The summed E-state index contributed by atoms with van der Waals surface area (Å²) in [6.45, 7) is 1.62. The van der Waals surface area contributed by atoms with Crippen LogP contribution in [0.2, 0.25) is 0 Å². The Morgan fingerprint density at radius 1 is 1.33 bits per heavy atom. The molecule has 1 aliphatic carbocycles. The van der Waals surface area contributed by atoms with Gasteiger partial charge in [-0.05, 0) is 37.5 Å². The van der Waals surface area contributed by atoms with Crippen LogP contribution >= 0.6 is 0 Å². The predicted octanol–water partition coefficient (Wildman–Crippen LogP) is 3.17. The van der Waals surface area contributed by atoms with E-state index < -0.39 is 29.2 Å². The minimum Gasteiger partial charge on any atom is -0.496 e. The van der Waals surface area contributed by atoms with E-state index in [2.05, 4.69) is 15.3 Å². The van der Waals surface area contributed by atoms with Crippen LogP contribution in [-0.4, -0.2) is 23.0 Å². The topological polar surface area (TPSA) is 84.1 Å². The molecule has 0 aliphatic heterocycles.